The molecule has 35 heavy (non-hydrogen) atoms. The minimum Gasteiger partial charge on any atom is -0.0840 e. The highest BCUT2D eigenvalue weighted by Crippen LogP contribution is 2.42. The number of halogens is 1. The van der Waals surface area contributed by atoms with E-state index in [-0.39, 0.29) is 0 Å². The Morgan fingerprint density at radius 1 is 0.714 bits per heavy atom. The average Bonchev–Trinajstić information content (AvgIpc) is 2.90. The molecule has 2 fully saturated rings. The van der Waals surface area contributed by atoms with Crippen LogP contribution in [0, 0.1) is 17.8 Å². The molecule has 0 bridgehead atoms. The Kier molecular flexibility index (Phi) is 10.2. The Morgan fingerprint density at radius 2 is 1.34 bits per heavy atom. The van der Waals surface area contributed by atoms with E-state index in [0.717, 1.165) is 28.7 Å². The Hall–Kier alpha value is -1.27. The summed E-state index contributed by atoms with van der Waals surface area (Å²) >= 11 is 6.90. The van der Waals surface area contributed by atoms with Crippen molar-refractivity contribution < 1.29 is 0 Å². The van der Waals surface area contributed by atoms with Gasteiger partial charge in [0.05, 0.1) is 0 Å². The van der Waals surface area contributed by atoms with Crippen molar-refractivity contribution in [1.82, 2.24) is 0 Å². The topological polar surface area (TPSA) is 0 Å². The third-order valence-corrected chi connectivity index (χ3v) is 9.89. The largest absolute Gasteiger partial charge is 0.0840 e. The molecule has 0 heterocycles. The molecule has 0 N–H and O–H groups in total. The van der Waals surface area contributed by atoms with Gasteiger partial charge in [-0.3, -0.25) is 0 Å². The van der Waals surface area contributed by atoms with Crippen LogP contribution in [0.5, 0.6) is 0 Å². The molecule has 2 aromatic carbocycles. The first-order chi connectivity index (χ1) is 17.1. The predicted molar refractivity (Wildman–Crippen MR) is 154 cm³/mol. The highest BCUT2D eigenvalue weighted by Gasteiger charge is 2.27. The van der Waals surface area contributed by atoms with E-state index in [1.165, 1.54) is 112 Å². The lowest BCUT2D eigenvalue weighted by molar-refractivity contribution is 0.236. The van der Waals surface area contributed by atoms with E-state index in [1.54, 1.807) is 0 Å². The SMILES string of the molecule is CCCCC[C@H]1CC[C@H](C(C)c2ccc(-c3ccc([C@H]4CC[C@H](CCC)CC4)cc3)cc2Cl)CC1. The van der Waals surface area contributed by atoms with Crippen molar-refractivity contribution in [1.29, 1.82) is 0 Å². The molecule has 0 aromatic heterocycles. The zero-order valence-corrected chi connectivity index (χ0v) is 23.5. The summed E-state index contributed by atoms with van der Waals surface area (Å²) < 4.78 is 0. The van der Waals surface area contributed by atoms with Crippen LogP contribution >= 0.6 is 11.6 Å². The highest BCUT2D eigenvalue weighted by molar-refractivity contribution is 6.31. The molecule has 2 aromatic rings. The number of hydrogen-bond donors (Lipinski definition) is 0. The van der Waals surface area contributed by atoms with Gasteiger partial charge in [0.25, 0.3) is 0 Å². The van der Waals surface area contributed by atoms with E-state index in [1.807, 2.05) is 0 Å². The second kappa shape index (κ2) is 13.3. The van der Waals surface area contributed by atoms with Crippen molar-refractivity contribution in [2.45, 2.75) is 122 Å². The monoisotopic (exact) mass is 492 g/mol. The van der Waals surface area contributed by atoms with Crippen molar-refractivity contribution in [3.05, 3.63) is 58.6 Å². The summed E-state index contributed by atoms with van der Waals surface area (Å²) in [6.07, 6.45) is 19.5. The van der Waals surface area contributed by atoms with Crippen LogP contribution in [-0.2, 0) is 0 Å². The molecule has 1 heteroatoms. The lowest BCUT2D eigenvalue weighted by atomic mass is 9.73. The summed E-state index contributed by atoms with van der Waals surface area (Å²) in [7, 11) is 0. The van der Waals surface area contributed by atoms with Crippen LogP contribution in [-0.4, -0.2) is 0 Å². The van der Waals surface area contributed by atoms with Crippen LogP contribution in [0.4, 0.5) is 0 Å². The number of unbranched alkanes of at least 4 members (excludes halogenated alkanes) is 2. The summed E-state index contributed by atoms with van der Waals surface area (Å²) in [5, 5.41) is 0.957. The van der Waals surface area contributed by atoms with Gasteiger partial charge in [0.2, 0.25) is 0 Å². The van der Waals surface area contributed by atoms with Gasteiger partial charge in [0.1, 0.15) is 0 Å². The van der Waals surface area contributed by atoms with Gasteiger partial charge in [0, 0.05) is 5.02 Å². The molecule has 2 aliphatic rings. The highest BCUT2D eigenvalue weighted by atomic mass is 35.5. The van der Waals surface area contributed by atoms with Crippen molar-refractivity contribution in [2.24, 2.45) is 17.8 Å². The van der Waals surface area contributed by atoms with Crippen LogP contribution in [0.2, 0.25) is 5.02 Å². The van der Waals surface area contributed by atoms with Crippen molar-refractivity contribution in [3.63, 3.8) is 0 Å². The van der Waals surface area contributed by atoms with Gasteiger partial charge in [-0.1, -0.05) is 120 Å². The lowest BCUT2D eigenvalue weighted by Gasteiger charge is -2.33. The minimum absolute atomic E-state index is 0.554. The molecule has 1 atom stereocenters. The van der Waals surface area contributed by atoms with Crippen LogP contribution in [0.1, 0.15) is 134 Å². The maximum Gasteiger partial charge on any atom is 0.0446 e. The third kappa shape index (κ3) is 7.15. The van der Waals surface area contributed by atoms with Crippen LogP contribution in [0.15, 0.2) is 42.5 Å². The van der Waals surface area contributed by atoms with Gasteiger partial charge in [0.15, 0.2) is 0 Å². The van der Waals surface area contributed by atoms with Crippen LogP contribution < -0.4 is 0 Å². The molecule has 0 radical (unpaired) electrons. The molecule has 0 aliphatic heterocycles. The van der Waals surface area contributed by atoms with E-state index >= 15 is 0 Å². The Morgan fingerprint density at radius 3 is 1.97 bits per heavy atom. The smallest absolute Gasteiger partial charge is 0.0446 e. The van der Waals surface area contributed by atoms with Gasteiger partial charge in [-0.25, -0.2) is 0 Å². The first-order valence-electron chi connectivity index (χ1n) is 15.0. The Bertz CT molecular complexity index is 881. The molecule has 0 amide bonds. The van der Waals surface area contributed by atoms with Gasteiger partial charge >= 0.3 is 0 Å². The van der Waals surface area contributed by atoms with Crippen LogP contribution in [0.3, 0.4) is 0 Å². The van der Waals surface area contributed by atoms with Gasteiger partial charge in [-0.15, -0.1) is 0 Å². The molecule has 2 saturated carbocycles. The van der Waals surface area contributed by atoms with Crippen LogP contribution in [0.25, 0.3) is 11.1 Å². The fourth-order valence-electron chi connectivity index (χ4n) is 7.13. The summed E-state index contributed by atoms with van der Waals surface area (Å²) in [5.74, 6) is 4.04. The van der Waals surface area contributed by atoms with E-state index in [4.69, 9.17) is 11.6 Å². The van der Waals surface area contributed by atoms with Crippen molar-refractivity contribution >= 4 is 11.6 Å². The summed E-state index contributed by atoms with van der Waals surface area (Å²) in [4.78, 5) is 0. The standard InChI is InChI=1S/C34H49Cl/c1-4-6-7-9-27-10-14-28(15-11-27)25(3)33-23-22-32(24-34(33)35)31-20-18-30(19-21-31)29-16-12-26(8-5-2)13-17-29/h18-29H,4-17H2,1-3H3/t25?,26-,27-,28-,29-. The van der Waals surface area contributed by atoms with E-state index in [9.17, 15) is 0 Å². The molecule has 2 aliphatic carbocycles. The maximum absolute atomic E-state index is 6.90. The minimum atomic E-state index is 0.554. The maximum atomic E-state index is 6.90. The molecule has 0 saturated heterocycles. The third-order valence-electron chi connectivity index (χ3n) is 9.56. The van der Waals surface area contributed by atoms with E-state index < -0.39 is 0 Å². The molecule has 0 nitrogen and oxygen atoms in total. The normalized spacial score (nSPS) is 25.9. The molecule has 1 unspecified atom stereocenters. The fraction of sp³-hybridized carbons (Fsp3) is 0.647. The first kappa shape index (κ1) is 26.8. The summed E-state index contributed by atoms with van der Waals surface area (Å²) in [5.41, 5.74) is 5.43. The zero-order chi connectivity index (χ0) is 24.6. The average molecular weight is 493 g/mol. The van der Waals surface area contributed by atoms with Crippen molar-refractivity contribution in [3.8, 4) is 11.1 Å². The van der Waals surface area contributed by atoms with E-state index in [2.05, 4.69) is 63.2 Å². The molecule has 4 rings (SSSR count). The summed E-state index contributed by atoms with van der Waals surface area (Å²) in [6.45, 7) is 7.04. The number of hydrogen-bond acceptors (Lipinski definition) is 0. The summed E-state index contributed by atoms with van der Waals surface area (Å²) in [6, 6.07) is 16.2. The number of benzene rings is 2. The second-order valence-electron chi connectivity index (χ2n) is 11.9. The lowest BCUT2D eigenvalue weighted by Crippen LogP contribution is -2.19. The molecular weight excluding hydrogens is 444 g/mol. The zero-order valence-electron chi connectivity index (χ0n) is 22.7. The van der Waals surface area contributed by atoms with Crippen molar-refractivity contribution in [2.75, 3.05) is 0 Å². The molecule has 0 spiro atoms. The fourth-order valence-corrected chi connectivity index (χ4v) is 7.48. The quantitative estimate of drug-likeness (QED) is 0.289. The predicted octanol–water partition coefficient (Wildman–Crippen LogP) is 11.6. The molecular formula is C34H49Cl. The van der Waals surface area contributed by atoms with Gasteiger partial charge in [-0.05, 0) is 96.4 Å². The Labute approximate surface area is 221 Å². The Balaban J connectivity index is 1.33. The van der Waals surface area contributed by atoms with Gasteiger partial charge < -0.3 is 0 Å². The van der Waals surface area contributed by atoms with E-state index in [0.29, 0.717) is 5.92 Å². The first-order valence-corrected chi connectivity index (χ1v) is 15.4. The van der Waals surface area contributed by atoms with Gasteiger partial charge in [-0.2, -0.15) is 0 Å². The second-order valence-corrected chi connectivity index (χ2v) is 12.3. The molecule has 192 valence electrons. The number of rotatable bonds is 10.